The maximum Gasteiger partial charge on any atom is 0.276 e. The molecule has 0 saturated carbocycles. The zero-order valence-electron chi connectivity index (χ0n) is 20.3. The van der Waals surface area contributed by atoms with Gasteiger partial charge in [0, 0.05) is 37.5 Å². The molecule has 6 heteroatoms. The van der Waals surface area contributed by atoms with E-state index in [0.717, 1.165) is 16.8 Å². The highest BCUT2D eigenvalue weighted by Gasteiger charge is 2.11. The normalized spacial score (nSPS) is 11.5. The molecule has 4 rings (SSSR count). The molecule has 0 saturated heterocycles. The summed E-state index contributed by atoms with van der Waals surface area (Å²) in [6.45, 7) is 9.43. The molecular weight excluding hydrogens is 424 g/mol. The second-order valence-electron chi connectivity index (χ2n) is 9.36. The Hall–Kier alpha value is -3.67. The third-order valence-corrected chi connectivity index (χ3v) is 6.19. The van der Waals surface area contributed by atoms with Gasteiger partial charge in [0.05, 0.1) is 5.69 Å². The predicted octanol–water partition coefficient (Wildman–Crippen LogP) is 5.12. The van der Waals surface area contributed by atoms with Gasteiger partial charge in [0.1, 0.15) is 5.52 Å². The van der Waals surface area contributed by atoms with Gasteiger partial charge in [-0.2, -0.15) is 5.10 Å². The first kappa shape index (κ1) is 23.5. The van der Waals surface area contributed by atoms with Crippen LogP contribution in [0.1, 0.15) is 62.6 Å². The Morgan fingerprint density at radius 3 is 2.15 bits per heavy atom. The zero-order chi connectivity index (χ0) is 24.2. The van der Waals surface area contributed by atoms with Gasteiger partial charge in [-0.1, -0.05) is 76.2 Å². The van der Waals surface area contributed by atoms with Gasteiger partial charge in [0.25, 0.3) is 5.56 Å². The predicted molar refractivity (Wildman–Crippen MR) is 136 cm³/mol. The number of hydrogen-bond donors (Lipinski definition) is 1. The summed E-state index contributed by atoms with van der Waals surface area (Å²) >= 11 is 0. The van der Waals surface area contributed by atoms with Crippen LogP contribution in [0.25, 0.3) is 16.8 Å². The van der Waals surface area contributed by atoms with Crippen LogP contribution < -0.4 is 10.9 Å². The number of amides is 1. The van der Waals surface area contributed by atoms with E-state index in [1.54, 1.807) is 21.5 Å². The zero-order valence-corrected chi connectivity index (χ0v) is 20.3. The van der Waals surface area contributed by atoms with E-state index in [9.17, 15) is 9.59 Å². The van der Waals surface area contributed by atoms with Crippen LogP contribution in [0.3, 0.4) is 0 Å². The van der Waals surface area contributed by atoms with Crippen molar-refractivity contribution in [2.75, 3.05) is 0 Å². The van der Waals surface area contributed by atoms with Crippen LogP contribution in [0, 0.1) is 0 Å². The van der Waals surface area contributed by atoms with Crippen LogP contribution in [-0.4, -0.2) is 20.1 Å². The topological polar surface area (TPSA) is 68.4 Å². The summed E-state index contributed by atoms with van der Waals surface area (Å²) in [7, 11) is 0. The quantitative estimate of drug-likeness (QED) is 0.400. The molecule has 1 amide bonds. The monoisotopic (exact) mass is 456 g/mol. The highest BCUT2D eigenvalue weighted by Crippen LogP contribution is 2.22. The number of rotatable bonds is 8. The molecule has 1 N–H and O–H groups in total. The minimum atomic E-state index is -0.155. The molecule has 0 atom stereocenters. The summed E-state index contributed by atoms with van der Waals surface area (Å²) < 4.78 is 3.17. The van der Waals surface area contributed by atoms with Crippen LogP contribution in [0.5, 0.6) is 0 Å². The standard InChI is InChI=1S/C28H32N4O2/c1-19(2)22-7-5-21(6-8-22)18-29-27(33)13-14-31-15-16-32-26(28(31)34)17-25(30-32)24-11-9-23(10-12-24)20(3)4/h5-12,15-17,19-20H,13-14,18H2,1-4H3,(H,29,33). The summed E-state index contributed by atoms with van der Waals surface area (Å²) in [5.74, 6) is 0.862. The SMILES string of the molecule is CC(C)c1ccc(CNC(=O)CCn2ccn3nc(-c4ccc(C(C)C)cc4)cc3c2=O)cc1. The first-order chi connectivity index (χ1) is 16.3. The van der Waals surface area contributed by atoms with Crippen molar-refractivity contribution in [2.45, 2.75) is 59.0 Å². The number of nitrogens with one attached hydrogen (secondary N) is 1. The maximum absolute atomic E-state index is 13.0. The van der Waals surface area contributed by atoms with E-state index in [-0.39, 0.29) is 17.9 Å². The number of aromatic nitrogens is 3. The van der Waals surface area contributed by atoms with Crippen molar-refractivity contribution in [3.05, 3.63) is 94.0 Å². The average molecular weight is 457 g/mol. The van der Waals surface area contributed by atoms with Gasteiger partial charge in [-0.15, -0.1) is 0 Å². The first-order valence-electron chi connectivity index (χ1n) is 11.9. The molecule has 6 nitrogen and oxygen atoms in total. The van der Waals surface area contributed by atoms with E-state index in [4.69, 9.17) is 0 Å². The fourth-order valence-electron chi connectivity index (χ4n) is 3.91. The number of fused-ring (bicyclic) bond motifs is 1. The molecule has 0 spiro atoms. The third kappa shape index (κ3) is 5.28. The van der Waals surface area contributed by atoms with E-state index in [1.165, 1.54) is 11.1 Å². The Morgan fingerprint density at radius 1 is 0.912 bits per heavy atom. The fourth-order valence-corrected chi connectivity index (χ4v) is 3.91. The van der Waals surface area contributed by atoms with E-state index in [2.05, 4.69) is 62.4 Å². The van der Waals surface area contributed by atoms with Gasteiger partial charge in [-0.05, 0) is 34.6 Å². The molecule has 2 heterocycles. The Bertz CT molecular complexity index is 1330. The molecule has 0 aliphatic carbocycles. The third-order valence-electron chi connectivity index (χ3n) is 6.19. The summed E-state index contributed by atoms with van der Waals surface area (Å²) in [6, 6.07) is 18.4. The van der Waals surface area contributed by atoms with Crippen LogP contribution in [0.15, 0.2) is 71.8 Å². The molecule has 0 fully saturated rings. The number of carbonyl (C=O) groups excluding carboxylic acids is 1. The number of aryl methyl sites for hydroxylation is 1. The van der Waals surface area contributed by atoms with Crippen molar-refractivity contribution in [3.63, 3.8) is 0 Å². The maximum atomic E-state index is 13.0. The van der Waals surface area contributed by atoms with Gasteiger partial charge >= 0.3 is 0 Å². The Morgan fingerprint density at radius 2 is 1.53 bits per heavy atom. The van der Waals surface area contributed by atoms with Gasteiger partial charge in [0.2, 0.25) is 5.91 Å². The van der Waals surface area contributed by atoms with Crippen molar-refractivity contribution >= 4 is 11.4 Å². The number of carbonyl (C=O) groups is 1. The highest BCUT2D eigenvalue weighted by atomic mass is 16.2. The molecule has 2 aromatic carbocycles. The van der Waals surface area contributed by atoms with Crippen LogP contribution >= 0.6 is 0 Å². The molecule has 0 aliphatic rings. The second kappa shape index (κ2) is 10.1. The van der Waals surface area contributed by atoms with Crippen molar-refractivity contribution < 1.29 is 4.79 Å². The Balaban J connectivity index is 1.39. The Labute approximate surface area is 200 Å². The molecule has 0 aliphatic heterocycles. The van der Waals surface area contributed by atoms with Gasteiger partial charge in [-0.3, -0.25) is 9.59 Å². The highest BCUT2D eigenvalue weighted by molar-refractivity contribution is 5.75. The largest absolute Gasteiger partial charge is 0.352 e. The summed E-state index contributed by atoms with van der Waals surface area (Å²) in [4.78, 5) is 25.3. The molecule has 2 aromatic heterocycles. The van der Waals surface area contributed by atoms with Gasteiger partial charge < -0.3 is 9.88 Å². The fraction of sp³-hybridized carbons (Fsp3) is 0.321. The molecule has 0 radical (unpaired) electrons. The number of nitrogens with zero attached hydrogens (tertiary/aromatic N) is 3. The van der Waals surface area contributed by atoms with E-state index >= 15 is 0 Å². The van der Waals surface area contributed by atoms with E-state index in [0.29, 0.717) is 30.4 Å². The van der Waals surface area contributed by atoms with Gasteiger partial charge in [0.15, 0.2) is 0 Å². The molecule has 4 aromatic rings. The number of hydrogen-bond acceptors (Lipinski definition) is 3. The molecule has 34 heavy (non-hydrogen) atoms. The van der Waals surface area contributed by atoms with Crippen molar-refractivity contribution in [1.29, 1.82) is 0 Å². The van der Waals surface area contributed by atoms with Gasteiger partial charge in [-0.25, -0.2) is 4.52 Å². The van der Waals surface area contributed by atoms with Crippen LogP contribution in [0.2, 0.25) is 0 Å². The molecule has 176 valence electrons. The first-order valence-corrected chi connectivity index (χ1v) is 11.9. The summed E-state index contributed by atoms with van der Waals surface area (Å²) in [6.07, 6.45) is 3.68. The summed E-state index contributed by atoms with van der Waals surface area (Å²) in [5, 5.41) is 7.50. The van der Waals surface area contributed by atoms with E-state index < -0.39 is 0 Å². The van der Waals surface area contributed by atoms with E-state index in [1.807, 2.05) is 30.3 Å². The average Bonchev–Trinajstić information content (AvgIpc) is 3.28. The Kier molecular flexibility index (Phi) is 6.96. The smallest absolute Gasteiger partial charge is 0.276 e. The van der Waals surface area contributed by atoms with Crippen molar-refractivity contribution in [1.82, 2.24) is 19.5 Å². The molecule has 0 unspecified atom stereocenters. The van der Waals surface area contributed by atoms with Crippen molar-refractivity contribution in [3.8, 4) is 11.3 Å². The second-order valence-corrected chi connectivity index (χ2v) is 9.36. The lowest BCUT2D eigenvalue weighted by atomic mass is 10.0. The lowest BCUT2D eigenvalue weighted by Gasteiger charge is -2.09. The van der Waals surface area contributed by atoms with Crippen LogP contribution in [-0.2, 0) is 17.9 Å². The minimum Gasteiger partial charge on any atom is -0.352 e. The molecular formula is C28H32N4O2. The van der Waals surface area contributed by atoms with Crippen molar-refractivity contribution in [2.24, 2.45) is 0 Å². The van der Waals surface area contributed by atoms with Crippen LogP contribution in [0.4, 0.5) is 0 Å². The number of benzene rings is 2. The molecule has 0 bridgehead atoms. The lowest BCUT2D eigenvalue weighted by molar-refractivity contribution is -0.121. The summed E-state index contributed by atoms with van der Waals surface area (Å²) in [5.41, 5.74) is 5.67. The minimum absolute atomic E-state index is 0.0841. The lowest BCUT2D eigenvalue weighted by Crippen LogP contribution is -2.27.